The number of rotatable bonds is 5. The first-order valence-electron chi connectivity index (χ1n) is 8.35. The van der Waals surface area contributed by atoms with Crippen LogP contribution in [0.1, 0.15) is 50.5 Å². The SMILES string of the molecule is COc1cc(CN(C)[C@@H]2CCC[C@@H]2O)cc2nc(C(C)C)oc12. The third kappa shape index (κ3) is 3.21. The molecule has 2 atom stereocenters. The van der Waals surface area contributed by atoms with Gasteiger partial charge in [0.1, 0.15) is 5.52 Å². The Morgan fingerprint density at radius 1 is 1.39 bits per heavy atom. The molecule has 1 fully saturated rings. The smallest absolute Gasteiger partial charge is 0.198 e. The minimum Gasteiger partial charge on any atom is -0.493 e. The first-order chi connectivity index (χ1) is 11.0. The van der Waals surface area contributed by atoms with Crippen LogP contribution in [0.3, 0.4) is 0 Å². The van der Waals surface area contributed by atoms with Crippen LogP contribution in [0.15, 0.2) is 16.5 Å². The van der Waals surface area contributed by atoms with Gasteiger partial charge in [0.15, 0.2) is 17.2 Å². The van der Waals surface area contributed by atoms with E-state index in [1.54, 1.807) is 7.11 Å². The predicted octanol–water partition coefficient (Wildman–Crippen LogP) is 3.31. The maximum atomic E-state index is 10.1. The lowest BCUT2D eigenvalue weighted by molar-refractivity contribution is 0.0825. The molecule has 3 rings (SSSR count). The fraction of sp³-hybridized carbons (Fsp3) is 0.611. The van der Waals surface area contributed by atoms with E-state index in [2.05, 4.69) is 36.8 Å². The molecule has 1 aliphatic rings. The van der Waals surface area contributed by atoms with Crippen molar-refractivity contribution < 1.29 is 14.3 Å². The lowest BCUT2D eigenvalue weighted by Crippen LogP contribution is -2.36. The number of aliphatic hydroxyl groups is 1. The van der Waals surface area contributed by atoms with E-state index in [1.807, 2.05) is 6.07 Å². The predicted molar refractivity (Wildman–Crippen MR) is 89.8 cm³/mol. The fourth-order valence-electron chi connectivity index (χ4n) is 3.40. The van der Waals surface area contributed by atoms with Crippen molar-refractivity contribution >= 4 is 11.1 Å². The number of aliphatic hydroxyl groups excluding tert-OH is 1. The summed E-state index contributed by atoms with van der Waals surface area (Å²) in [5.74, 6) is 1.69. The Hall–Kier alpha value is -1.59. The Bertz CT molecular complexity index is 680. The summed E-state index contributed by atoms with van der Waals surface area (Å²) < 4.78 is 11.3. The summed E-state index contributed by atoms with van der Waals surface area (Å²) in [5.41, 5.74) is 2.67. The molecule has 1 saturated carbocycles. The van der Waals surface area contributed by atoms with Crippen LogP contribution in [-0.2, 0) is 6.54 Å². The van der Waals surface area contributed by atoms with Gasteiger partial charge in [-0.25, -0.2) is 4.98 Å². The molecule has 23 heavy (non-hydrogen) atoms. The van der Waals surface area contributed by atoms with Gasteiger partial charge >= 0.3 is 0 Å². The Morgan fingerprint density at radius 2 is 2.17 bits per heavy atom. The molecule has 1 N–H and O–H groups in total. The number of fused-ring (bicyclic) bond motifs is 1. The van der Waals surface area contributed by atoms with Gasteiger partial charge in [0.25, 0.3) is 0 Å². The Labute approximate surface area is 137 Å². The van der Waals surface area contributed by atoms with Crippen LogP contribution in [0.4, 0.5) is 0 Å². The second-order valence-corrected chi connectivity index (χ2v) is 6.83. The third-order valence-corrected chi connectivity index (χ3v) is 4.69. The van der Waals surface area contributed by atoms with Crippen LogP contribution in [-0.4, -0.2) is 41.3 Å². The van der Waals surface area contributed by atoms with E-state index in [4.69, 9.17) is 9.15 Å². The molecule has 1 aliphatic carbocycles. The zero-order valence-corrected chi connectivity index (χ0v) is 14.4. The van der Waals surface area contributed by atoms with Crippen molar-refractivity contribution in [3.05, 3.63) is 23.6 Å². The van der Waals surface area contributed by atoms with Crippen molar-refractivity contribution in [2.75, 3.05) is 14.2 Å². The lowest BCUT2D eigenvalue weighted by atomic mass is 10.1. The number of methoxy groups -OCH3 is 1. The van der Waals surface area contributed by atoms with Crippen LogP contribution in [0.25, 0.3) is 11.1 Å². The highest BCUT2D eigenvalue weighted by molar-refractivity contribution is 5.80. The maximum Gasteiger partial charge on any atom is 0.198 e. The Kier molecular flexibility index (Phi) is 4.60. The highest BCUT2D eigenvalue weighted by Crippen LogP contribution is 2.32. The quantitative estimate of drug-likeness (QED) is 0.916. The molecule has 0 bridgehead atoms. The average Bonchev–Trinajstić information content (AvgIpc) is 3.12. The summed E-state index contributed by atoms with van der Waals surface area (Å²) in [6, 6.07) is 4.31. The van der Waals surface area contributed by atoms with Crippen LogP contribution in [0.2, 0.25) is 0 Å². The second kappa shape index (κ2) is 6.49. The zero-order valence-electron chi connectivity index (χ0n) is 14.4. The Balaban J connectivity index is 1.88. The number of benzene rings is 1. The first-order valence-corrected chi connectivity index (χ1v) is 8.35. The van der Waals surface area contributed by atoms with Gasteiger partial charge in [0.05, 0.1) is 13.2 Å². The van der Waals surface area contributed by atoms with E-state index < -0.39 is 0 Å². The molecule has 1 aromatic heterocycles. The van der Waals surface area contributed by atoms with Crippen LogP contribution >= 0.6 is 0 Å². The van der Waals surface area contributed by atoms with Gasteiger partial charge in [0.2, 0.25) is 0 Å². The normalized spacial score (nSPS) is 21.7. The maximum absolute atomic E-state index is 10.1. The van der Waals surface area contributed by atoms with Crippen molar-refractivity contribution in [3.63, 3.8) is 0 Å². The molecule has 5 nitrogen and oxygen atoms in total. The molecule has 1 aromatic carbocycles. The molecule has 0 aliphatic heterocycles. The van der Waals surface area contributed by atoms with Gasteiger partial charge in [-0.3, -0.25) is 4.90 Å². The van der Waals surface area contributed by atoms with E-state index in [0.29, 0.717) is 5.58 Å². The van der Waals surface area contributed by atoms with Gasteiger partial charge in [0, 0.05) is 18.5 Å². The van der Waals surface area contributed by atoms with Gasteiger partial charge in [-0.05, 0) is 44.0 Å². The van der Waals surface area contributed by atoms with E-state index >= 15 is 0 Å². The number of oxazole rings is 1. The number of hydrogen-bond donors (Lipinski definition) is 1. The largest absolute Gasteiger partial charge is 0.493 e. The molecule has 5 heteroatoms. The molecule has 126 valence electrons. The number of nitrogens with zero attached hydrogens (tertiary/aromatic N) is 2. The van der Waals surface area contributed by atoms with Crippen LogP contribution < -0.4 is 4.74 Å². The fourth-order valence-corrected chi connectivity index (χ4v) is 3.40. The van der Waals surface area contributed by atoms with Gasteiger partial charge in [-0.1, -0.05) is 13.8 Å². The highest BCUT2D eigenvalue weighted by Gasteiger charge is 2.28. The van der Waals surface area contributed by atoms with Gasteiger partial charge in [-0.2, -0.15) is 0 Å². The molecule has 0 radical (unpaired) electrons. The minimum atomic E-state index is -0.217. The van der Waals surface area contributed by atoms with E-state index in [1.165, 1.54) is 0 Å². The van der Waals surface area contributed by atoms with Crippen molar-refractivity contribution in [2.45, 2.75) is 57.7 Å². The van der Waals surface area contributed by atoms with Gasteiger partial charge < -0.3 is 14.3 Å². The summed E-state index contributed by atoms with van der Waals surface area (Å²) in [6.07, 6.45) is 2.83. The molecule has 0 saturated heterocycles. The highest BCUT2D eigenvalue weighted by atomic mass is 16.5. The molecule has 1 heterocycles. The second-order valence-electron chi connectivity index (χ2n) is 6.83. The van der Waals surface area contributed by atoms with Gasteiger partial charge in [-0.15, -0.1) is 0 Å². The molecule has 0 unspecified atom stereocenters. The van der Waals surface area contributed by atoms with Crippen molar-refractivity contribution in [3.8, 4) is 5.75 Å². The molecule has 2 aromatic rings. The number of aromatic nitrogens is 1. The topological polar surface area (TPSA) is 58.7 Å². The van der Waals surface area contributed by atoms with Crippen molar-refractivity contribution in [1.82, 2.24) is 9.88 Å². The molecular formula is C18H26N2O3. The van der Waals surface area contributed by atoms with Crippen LogP contribution in [0.5, 0.6) is 5.75 Å². The standard InChI is InChI=1S/C18H26N2O3/c1-11(2)18-19-13-8-12(9-16(22-4)17(13)23-18)10-20(3)14-6-5-7-15(14)21/h8-9,11,14-15,21H,5-7,10H2,1-4H3/t14-,15+/m1/s1. The third-order valence-electron chi connectivity index (χ3n) is 4.69. The van der Waals surface area contributed by atoms with E-state index in [0.717, 1.165) is 48.5 Å². The summed E-state index contributed by atoms with van der Waals surface area (Å²) >= 11 is 0. The Morgan fingerprint density at radius 3 is 2.78 bits per heavy atom. The summed E-state index contributed by atoms with van der Waals surface area (Å²) in [4.78, 5) is 6.81. The minimum absolute atomic E-state index is 0.217. The zero-order chi connectivity index (χ0) is 16.6. The summed E-state index contributed by atoms with van der Waals surface area (Å²) in [6.45, 7) is 4.89. The molecular weight excluding hydrogens is 292 g/mol. The number of hydrogen-bond acceptors (Lipinski definition) is 5. The van der Waals surface area contributed by atoms with E-state index in [-0.39, 0.29) is 18.1 Å². The number of ether oxygens (including phenoxy) is 1. The lowest BCUT2D eigenvalue weighted by Gasteiger charge is -2.27. The average molecular weight is 318 g/mol. The summed E-state index contributed by atoms with van der Waals surface area (Å²) in [7, 11) is 3.72. The molecule has 0 amide bonds. The van der Waals surface area contributed by atoms with Crippen molar-refractivity contribution in [2.24, 2.45) is 0 Å². The summed E-state index contributed by atoms with van der Waals surface area (Å²) in [5, 5.41) is 10.1. The van der Waals surface area contributed by atoms with Crippen molar-refractivity contribution in [1.29, 1.82) is 0 Å². The molecule has 0 spiro atoms. The monoisotopic (exact) mass is 318 g/mol. The van der Waals surface area contributed by atoms with E-state index in [9.17, 15) is 5.11 Å². The van der Waals surface area contributed by atoms with Crippen LogP contribution in [0, 0.1) is 0 Å². The first kappa shape index (κ1) is 16.3. The number of likely N-dealkylation sites (N-methyl/N-ethyl adjacent to an activating group) is 1.